The molecule has 21 heavy (non-hydrogen) atoms. The Morgan fingerprint density at radius 2 is 1.90 bits per heavy atom. The summed E-state index contributed by atoms with van der Waals surface area (Å²) in [5, 5.41) is 11.4. The number of fused-ring (bicyclic) bond motifs is 1. The largest absolute Gasteiger partial charge is 0.388 e. The predicted octanol–water partition coefficient (Wildman–Crippen LogP) is 3.96. The van der Waals surface area contributed by atoms with E-state index in [0.717, 1.165) is 16.6 Å². The Kier molecular flexibility index (Phi) is 3.67. The van der Waals surface area contributed by atoms with Crippen LogP contribution >= 0.6 is 0 Å². The standard InChI is InChI=1S/C18H16FNO/c1-12-10-14(7-9-16(12)19)18(21)11-15-8-6-13-4-2-3-5-17(13)20-15/h2-10,18,21H,11H2,1H3. The average Bonchev–Trinajstić information content (AvgIpc) is 2.50. The van der Waals surface area contributed by atoms with Crippen molar-refractivity contribution < 1.29 is 9.50 Å². The number of aromatic nitrogens is 1. The van der Waals surface area contributed by atoms with Crippen molar-refractivity contribution >= 4 is 10.9 Å². The summed E-state index contributed by atoms with van der Waals surface area (Å²) in [4.78, 5) is 4.55. The number of benzene rings is 2. The first-order valence-electron chi connectivity index (χ1n) is 6.92. The van der Waals surface area contributed by atoms with Crippen LogP contribution < -0.4 is 0 Å². The normalized spacial score (nSPS) is 12.5. The lowest BCUT2D eigenvalue weighted by Gasteiger charge is -2.12. The molecule has 1 aromatic heterocycles. The number of nitrogens with zero attached hydrogens (tertiary/aromatic N) is 1. The molecule has 0 aliphatic rings. The van der Waals surface area contributed by atoms with Crippen LogP contribution in [0.2, 0.25) is 0 Å². The Morgan fingerprint density at radius 3 is 2.71 bits per heavy atom. The van der Waals surface area contributed by atoms with Gasteiger partial charge >= 0.3 is 0 Å². The van der Waals surface area contributed by atoms with Gasteiger partial charge in [-0.2, -0.15) is 0 Å². The van der Waals surface area contributed by atoms with Crippen molar-refractivity contribution in [2.45, 2.75) is 19.4 Å². The van der Waals surface area contributed by atoms with Crippen LogP contribution in [-0.2, 0) is 6.42 Å². The molecule has 1 heterocycles. The fourth-order valence-corrected chi connectivity index (χ4v) is 2.41. The molecule has 3 rings (SSSR count). The second-order valence-electron chi connectivity index (χ2n) is 5.22. The molecule has 0 amide bonds. The maximum Gasteiger partial charge on any atom is 0.126 e. The number of aliphatic hydroxyl groups is 1. The average molecular weight is 281 g/mol. The summed E-state index contributed by atoms with van der Waals surface area (Å²) in [6.07, 6.45) is -0.270. The summed E-state index contributed by atoms with van der Waals surface area (Å²) in [5.74, 6) is -0.255. The molecule has 2 nitrogen and oxygen atoms in total. The smallest absolute Gasteiger partial charge is 0.126 e. The van der Waals surface area contributed by atoms with Crippen LogP contribution in [0, 0.1) is 12.7 Å². The van der Waals surface area contributed by atoms with Crippen LogP contribution in [0.4, 0.5) is 4.39 Å². The maximum absolute atomic E-state index is 13.3. The first-order chi connectivity index (χ1) is 10.1. The number of halogens is 1. The van der Waals surface area contributed by atoms with Crippen molar-refractivity contribution in [2.24, 2.45) is 0 Å². The van der Waals surface area contributed by atoms with Crippen molar-refractivity contribution in [3.63, 3.8) is 0 Å². The Morgan fingerprint density at radius 1 is 1.10 bits per heavy atom. The summed E-state index contributed by atoms with van der Waals surface area (Å²) < 4.78 is 13.3. The van der Waals surface area contributed by atoms with Crippen LogP contribution in [0.5, 0.6) is 0 Å². The zero-order chi connectivity index (χ0) is 14.8. The van der Waals surface area contributed by atoms with E-state index in [9.17, 15) is 9.50 Å². The zero-order valence-corrected chi connectivity index (χ0v) is 11.8. The number of para-hydroxylation sites is 1. The zero-order valence-electron chi connectivity index (χ0n) is 11.8. The van der Waals surface area contributed by atoms with Gasteiger partial charge in [-0.05, 0) is 36.2 Å². The summed E-state index contributed by atoms with van der Waals surface area (Å²) in [7, 11) is 0. The maximum atomic E-state index is 13.3. The Bertz CT molecular complexity index is 785. The number of hydrogen-bond donors (Lipinski definition) is 1. The highest BCUT2D eigenvalue weighted by atomic mass is 19.1. The van der Waals surface area contributed by atoms with E-state index < -0.39 is 6.10 Å². The first kappa shape index (κ1) is 13.7. The predicted molar refractivity (Wildman–Crippen MR) is 81.5 cm³/mol. The molecule has 3 heteroatoms. The molecule has 106 valence electrons. The van der Waals surface area contributed by atoms with E-state index >= 15 is 0 Å². The Hall–Kier alpha value is -2.26. The van der Waals surface area contributed by atoms with Gasteiger partial charge in [0.05, 0.1) is 11.6 Å². The Labute approximate surface area is 122 Å². The van der Waals surface area contributed by atoms with E-state index in [1.54, 1.807) is 19.1 Å². The lowest BCUT2D eigenvalue weighted by molar-refractivity contribution is 0.177. The van der Waals surface area contributed by atoms with Gasteiger partial charge in [0.25, 0.3) is 0 Å². The number of aliphatic hydroxyl groups excluding tert-OH is 1. The molecule has 0 aliphatic carbocycles. The van der Waals surface area contributed by atoms with Gasteiger partial charge in [0.15, 0.2) is 0 Å². The van der Waals surface area contributed by atoms with Crippen LogP contribution in [-0.4, -0.2) is 10.1 Å². The summed E-state index contributed by atoms with van der Waals surface area (Å²) in [5.41, 5.74) is 2.99. The van der Waals surface area contributed by atoms with Crippen LogP contribution in [0.3, 0.4) is 0 Å². The molecule has 0 saturated carbocycles. The number of rotatable bonds is 3. The summed E-state index contributed by atoms with van der Waals surface area (Å²) in [6.45, 7) is 1.69. The number of aryl methyl sites for hydroxylation is 1. The second kappa shape index (κ2) is 5.62. The molecule has 3 aromatic rings. The number of hydrogen-bond acceptors (Lipinski definition) is 2. The van der Waals surface area contributed by atoms with Gasteiger partial charge in [0.2, 0.25) is 0 Å². The third-order valence-electron chi connectivity index (χ3n) is 3.63. The topological polar surface area (TPSA) is 33.1 Å². The van der Waals surface area contributed by atoms with Gasteiger partial charge in [-0.25, -0.2) is 4.39 Å². The van der Waals surface area contributed by atoms with Crippen molar-refractivity contribution in [1.29, 1.82) is 0 Å². The van der Waals surface area contributed by atoms with Crippen molar-refractivity contribution in [3.05, 3.63) is 77.2 Å². The molecular formula is C18H16FNO. The van der Waals surface area contributed by atoms with E-state index in [-0.39, 0.29) is 5.82 Å². The SMILES string of the molecule is Cc1cc(C(O)Cc2ccc3ccccc3n2)ccc1F. The minimum absolute atomic E-state index is 0.255. The van der Waals surface area contributed by atoms with E-state index in [0.29, 0.717) is 17.5 Å². The fourth-order valence-electron chi connectivity index (χ4n) is 2.41. The van der Waals surface area contributed by atoms with Crippen LogP contribution in [0.1, 0.15) is 22.9 Å². The molecular weight excluding hydrogens is 265 g/mol. The molecule has 2 aromatic carbocycles. The van der Waals surface area contributed by atoms with E-state index in [2.05, 4.69) is 4.98 Å². The first-order valence-corrected chi connectivity index (χ1v) is 6.92. The Balaban J connectivity index is 1.85. The molecule has 0 spiro atoms. The minimum Gasteiger partial charge on any atom is -0.388 e. The van der Waals surface area contributed by atoms with E-state index in [1.807, 2.05) is 36.4 Å². The van der Waals surface area contributed by atoms with Gasteiger partial charge in [0.1, 0.15) is 5.82 Å². The molecule has 0 radical (unpaired) electrons. The molecule has 1 N–H and O–H groups in total. The lowest BCUT2D eigenvalue weighted by Crippen LogP contribution is -2.04. The highest BCUT2D eigenvalue weighted by Crippen LogP contribution is 2.21. The van der Waals surface area contributed by atoms with Gasteiger partial charge < -0.3 is 5.11 Å². The third-order valence-corrected chi connectivity index (χ3v) is 3.63. The fraction of sp³-hybridized carbons (Fsp3) is 0.167. The molecule has 0 aliphatic heterocycles. The summed E-state index contributed by atoms with van der Waals surface area (Å²) in [6, 6.07) is 16.5. The van der Waals surface area contributed by atoms with Crippen molar-refractivity contribution in [3.8, 4) is 0 Å². The third kappa shape index (κ3) is 2.93. The van der Waals surface area contributed by atoms with Gasteiger partial charge in [0, 0.05) is 17.5 Å². The molecule has 1 atom stereocenters. The van der Waals surface area contributed by atoms with Crippen LogP contribution in [0.15, 0.2) is 54.6 Å². The van der Waals surface area contributed by atoms with E-state index in [4.69, 9.17) is 0 Å². The monoisotopic (exact) mass is 281 g/mol. The second-order valence-corrected chi connectivity index (χ2v) is 5.22. The lowest BCUT2D eigenvalue weighted by atomic mass is 10.0. The summed E-state index contributed by atoms with van der Waals surface area (Å²) >= 11 is 0. The minimum atomic E-state index is -0.682. The molecule has 0 bridgehead atoms. The van der Waals surface area contributed by atoms with E-state index in [1.165, 1.54) is 6.07 Å². The van der Waals surface area contributed by atoms with Crippen LogP contribution in [0.25, 0.3) is 10.9 Å². The quantitative estimate of drug-likeness (QED) is 0.788. The van der Waals surface area contributed by atoms with Crippen molar-refractivity contribution in [2.75, 3.05) is 0 Å². The van der Waals surface area contributed by atoms with Gasteiger partial charge in [-0.3, -0.25) is 4.98 Å². The highest BCUT2D eigenvalue weighted by molar-refractivity contribution is 5.78. The molecule has 0 saturated heterocycles. The van der Waals surface area contributed by atoms with Crippen molar-refractivity contribution in [1.82, 2.24) is 4.98 Å². The van der Waals surface area contributed by atoms with Gasteiger partial charge in [-0.1, -0.05) is 36.4 Å². The highest BCUT2D eigenvalue weighted by Gasteiger charge is 2.11. The number of pyridine rings is 1. The molecule has 1 unspecified atom stereocenters. The van der Waals surface area contributed by atoms with Gasteiger partial charge in [-0.15, -0.1) is 0 Å². The molecule has 0 fully saturated rings.